The Morgan fingerprint density at radius 1 is 0.917 bits per heavy atom. The number of methoxy groups -OCH3 is 1. The molecule has 3 aromatic carbocycles. The van der Waals surface area contributed by atoms with E-state index in [-0.39, 0.29) is 30.8 Å². The average Bonchev–Trinajstić information content (AvgIpc) is 2.89. The molecule has 3 aromatic rings. The van der Waals surface area contributed by atoms with Gasteiger partial charge in [-0.1, -0.05) is 12.1 Å². The summed E-state index contributed by atoms with van der Waals surface area (Å²) in [6.45, 7) is 1.21. The van der Waals surface area contributed by atoms with Crippen molar-refractivity contribution >= 4 is 0 Å². The van der Waals surface area contributed by atoms with Crippen LogP contribution in [0.3, 0.4) is 0 Å². The Morgan fingerprint density at radius 2 is 1.72 bits per heavy atom. The van der Waals surface area contributed by atoms with Crippen LogP contribution in [0.25, 0.3) is 0 Å². The maximum Gasteiger partial charge on any atom is 0.128 e. The summed E-state index contributed by atoms with van der Waals surface area (Å²) in [4.78, 5) is 0. The molecule has 6 rings (SSSR count). The van der Waals surface area contributed by atoms with E-state index >= 15 is 0 Å². The molecule has 0 unspecified atom stereocenters. The van der Waals surface area contributed by atoms with Crippen molar-refractivity contribution in [1.82, 2.24) is 0 Å². The van der Waals surface area contributed by atoms with E-state index in [1.807, 2.05) is 24.3 Å². The zero-order chi connectivity index (χ0) is 24.8. The molecule has 0 amide bonds. The van der Waals surface area contributed by atoms with Gasteiger partial charge in [0.1, 0.15) is 28.7 Å². The highest BCUT2D eigenvalue weighted by atomic mass is 16.5. The maximum atomic E-state index is 11.6. The number of aromatic hydroxyl groups is 1. The number of hydrogen-bond donors (Lipinski definition) is 3. The van der Waals surface area contributed by atoms with Gasteiger partial charge in [-0.05, 0) is 54.8 Å². The molecule has 0 aliphatic carbocycles. The third-order valence-corrected chi connectivity index (χ3v) is 7.64. The van der Waals surface area contributed by atoms with Gasteiger partial charge in [0, 0.05) is 40.5 Å². The minimum absolute atomic E-state index is 0.199. The minimum Gasteiger partial charge on any atom is -0.508 e. The van der Waals surface area contributed by atoms with E-state index in [2.05, 4.69) is 0 Å². The Bertz CT molecular complexity index is 1290. The highest BCUT2D eigenvalue weighted by Gasteiger charge is 2.44. The third-order valence-electron chi connectivity index (χ3n) is 7.64. The Hall–Kier alpha value is -3.42. The molecule has 7 nitrogen and oxygen atoms in total. The molecular formula is C29H30O7. The fraction of sp³-hybridized carbons (Fsp3) is 0.379. The molecule has 0 bridgehead atoms. The van der Waals surface area contributed by atoms with Crippen LogP contribution in [0.5, 0.6) is 28.7 Å². The molecule has 188 valence electrons. The van der Waals surface area contributed by atoms with Crippen molar-refractivity contribution in [2.75, 3.05) is 26.9 Å². The zero-order valence-corrected chi connectivity index (χ0v) is 20.1. The summed E-state index contributed by atoms with van der Waals surface area (Å²) in [7, 11) is 1.59. The summed E-state index contributed by atoms with van der Waals surface area (Å²) in [5.74, 6) is 2.20. The van der Waals surface area contributed by atoms with Gasteiger partial charge in [-0.25, -0.2) is 0 Å². The van der Waals surface area contributed by atoms with Crippen molar-refractivity contribution in [1.29, 1.82) is 0 Å². The van der Waals surface area contributed by atoms with Gasteiger partial charge in [-0.2, -0.15) is 0 Å². The Balaban J connectivity index is 1.32. The second kappa shape index (κ2) is 9.22. The van der Waals surface area contributed by atoms with E-state index in [0.29, 0.717) is 35.8 Å². The smallest absolute Gasteiger partial charge is 0.128 e. The number of aliphatic hydroxyl groups excluding tert-OH is 2. The summed E-state index contributed by atoms with van der Waals surface area (Å²) >= 11 is 0. The number of ether oxygens (including phenoxy) is 4. The van der Waals surface area contributed by atoms with Crippen LogP contribution < -0.4 is 18.9 Å². The molecule has 0 saturated heterocycles. The normalized spacial score (nSPS) is 24.3. The molecule has 0 aromatic heterocycles. The van der Waals surface area contributed by atoms with Crippen molar-refractivity contribution in [3.05, 3.63) is 76.3 Å². The lowest BCUT2D eigenvalue weighted by molar-refractivity contribution is -0.0559. The molecule has 3 aliphatic rings. The van der Waals surface area contributed by atoms with Gasteiger partial charge >= 0.3 is 0 Å². The van der Waals surface area contributed by atoms with Crippen LogP contribution in [0, 0.1) is 11.8 Å². The quantitative estimate of drug-likeness (QED) is 0.507. The number of phenols is 1. The lowest BCUT2D eigenvalue weighted by Gasteiger charge is -2.41. The molecule has 3 N–H and O–H groups in total. The van der Waals surface area contributed by atoms with Gasteiger partial charge in [0.25, 0.3) is 0 Å². The van der Waals surface area contributed by atoms with Gasteiger partial charge in [-0.15, -0.1) is 0 Å². The number of phenolic OH excluding ortho intramolecular Hbond substituents is 1. The van der Waals surface area contributed by atoms with E-state index in [9.17, 15) is 15.3 Å². The van der Waals surface area contributed by atoms with Crippen LogP contribution in [-0.4, -0.2) is 42.3 Å². The lowest BCUT2D eigenvalue weighted by Crippen LogP contribution is -2.40. The molecule has 0 radical (unpaired) electrons. The van der Waals surface area contributed by atoms with E-state index in [4.69, 9.17) is 18.9 Å². The minimum atomic E-state index is -0.868. The average molecular weight is 491 g/mol. The van der Waals surface area contributed by atoms with Crippen LogP contribution in [0.4, 0.5) is 0 Å². The van der Waals surface area contributed by atoms with Gasteiger partial charge < -0.3 is 34.3 Å². The highest BCUT2D eigenvalue weighted by Crippen LogP contribution is 2.50. The number of benzene rings is 3. The van der Waals surface area contributed by atoms with Crippen molar-refractivity contribution < 1.29 is 34.3 Å². The predicted molar refractivity (Wildman–Crippen MR) is 132 cm³/mol. The molecule has 0 saturated carbocycles. The van der Waals surface area contributed by atoms with E-state index < -0.39 is 12.2 Å². The maximum absolute atomic E-state index is 11.6. The molecule has 0 fully saturated rings. The second-order valence-electron chi connectivity index (χ2n) is 9.80. The van der Waals surface area contributed by atoms with E-state index in [1.165, 1.54) is 0 Å². The fourth-order valence-electron chi connectivity index (χ4n) is 5.82. The van der Waals surface area contributed by atoms with Crippen LogP contribution in [0.15, 0.2) is 48.5 Å². The molecule has 7 heteroatoms. The zero-order valence-electron chi connectivity index (χ0n) is 20.1. The lowest BCUT2D eigenvalue weighted by atomic mass is 9.76. The van der Waals surface area contributed by atoms with Gasteiger partial charge in [0.2, 0.25) is 0 Å². The van der Waals surface area contributed by atoms with Gasteiger partial charge in [0.15, 0.2) is 0 Å². The van der Waals surface area contributed by atoms with Crippen molar-refractivity contribution in [3.8, 4) is 28.7 Å². The number of hydrogen-bond acceptors (Lipinski definition) is 7. The summed E-state index contributed by atoms with van der Waals surface area (Å²) < 4.78 is 23.7. The molecule has 36 heavy (non-hydrogen) atoms. The van der Waals surface area contributed by atoms with Gasteiger partial charge in [0.05, 0.1) is 39.1 Å². The SMILES string of the molecule is COc1cc(Cc2cccc(O)c2)c2c(c1)[C@@H](O)[C@@H]([C@@H]1COc3ccc4c(c3[C@@H]1O)CCCO4)CO2. The van der Waals surface area contributed by atoms with Gasteiger partial charge in [-0.3, -0.25) is 0 Å². The first-order valence-corrected chi connectivity index (χ1v) is 12.4. The van der Waals surface area contributed by atoms with Crippen molar-refractivity contribution in [2.45, 2.75) is 31.5 Å². The van der Waals surface area contributed by atoms with Crippen LogP contribution in [-0.2, 0) is 12.8 Å². The first kappa shape index (κ1) is 23.0. The number of rotatable bonds is 4. The van der Waals surface area contributed by atoms with Crippen LogP contribution in [0.1, 0.15) is 46.4 Å². The fourth-order valence-corrected chi connectivity index (χ4v) is 5.82. The largest absolute Gasteiger partial charge is 0.508 e. The van der Waals surface area contributed by atoms with Crippen LogP contribution in [0.2, 0.25) is 0 Å². The molecular weight excluding hydrogens is 460 g/mol. The summed E-state index contributed by atoms with van der Waals surface area (Å²) in [6.07, 6.45) is 0.568. The van der Waals surface area contributed by atoms with Crippen molar-refractivity contribution in [2.24, 2.45) is 11.8 Å². The predicted octanol–water partition coefficient (Wildman–Crippen LogP) is 4.10. The monoisotopic (exact) mass is 490 g/mol. The Labute approximate surface area is 209 Å². The second-order valence-corrected chi connectivity index (χ2v) is 9.80. The molecule has 3 heterocycles. The Kier molecular flexibility index (Phi) is 5.90. The third kappa shape index (κ3) is 3.92. The highest BCUT2D eigenvalue weighted by molar-refractivity contribution is 5.53. The summed E-state index contributed by atoms with van der Waals surface area (Å²) in [5.41, 5.74) is 4.20. The van der Waals surface area contributed by atoms with Crippen molar-refractivity contribution in [3.63, 3.8) is 0 Å². The van der Waals surface area contributed by atoms with E-state index in [1.54, 1.807) is 31.4 Å². The summed E-state index contributed by atoms with van der Waals surface area (Å²) in [6, 6.07) is 14.6. The molecule has 0 spiro atoms. The number of fused-ring (bicyclic) bond motifs is 4. The topological polar surface area (TPSA) is 97.6 Å². The standard InChI is InChI=1S/C29H30O7/c1-33-19-12-17(10-16-4-2-5-18(30)11-16)29-21(13-19)27(31)22(15-36-29)23-14-35-25-8-7-24-20(6-3-9-34-24)26(25)28(23)32/h2,4-5,7-8,11-13,22-23,27-28,30-32H,3,6,9-10,14-15H2,1H3/t22-,23+,27-,28-/m1/s1. The summed E-state index contributed by atoms with van der Waals surface area (Å²) in [5, 5.41) is 33.0. The first-order valence-electron chi connectivity index (χ1n) is 12.4. The number of aliphatic hydroxyl groups is 2. The Morgan fingerprint density at radius 3 is 2.56 bits per heavy atom. The molecule has 4 atom stereocenters. The first-order chi connectivity index (χ1) is 17.5. The van der Waals surface area contributed by atoms with Crippen LogP contribution >= 0.6 is 0 Å². The molecule has 3 aliphatic heterocycles. The van der Waals surface area contributed by atoms with E-state index in [0.717, 1.165) is 40.8 Å².